The number of halogens is 1. The van der Waals surface area contributed by atoms with E-state index >= 15 is 0 Å². The van der Waals surface area contributed by atoms with Gasteiger partial charge in [0.2, 0.25) is 0 Å². The normalized spacial score (nSPS) is 17.6. The summed E-state index contributed by atoms with van der Waals surface area (Å²) in [5, 5.41) is 9.27. The number of morpholine rings is 1. The van der Waals surface area contributed by atoms with Crippen molar-refractivity contribution in [2.45, 2.75) is 12.5 Å². The Morgan fingerprint density at radius 1 is 1.25 bits per heavy atom. The number of carboxylic acid groups (broad SMARTS) is 1. The van der Waals surface area contributed by atoms with Crippen LogP contribution in [0.2, 0.25) is 0 Å². The van der Waals surface area contributed by atoms with Crippen LogP contribution in [0.3, 0.4) is 0 Å². The van der Waals surface area contributed by atoms with Gasteiger partial charge in [-0.25, -0.2) is 4.39 Å². The van der Waals surface area contributed by atoms with Gasteiger partial charge in [-0.3, -0.25) is 14.5 Å². The van der Waals surface area contributed by atoms with Crippen LogP contribution in [0.5, 0.6) is 0 Å². The number of ketones is 1. The van der Waals surface area contributed by atoms with Crippen molar-refractivity contribution in [3.8, 4) is 0 Å². The van der Waals surface area contributed by atoms with E-state index in [1.165, 1.54) is 24.3 Å². The van der Waals surface area contributed by atoms with Gasteiger partial charge >= 0.3 is 5.97 Å². The fourth-order valence-electron chi connectivity index (χ4n) is 2.19. The SMILES string of the molecule is O=C(CC(C(=O)O)N1CCOCC1)c1ccc(F)cc1. The van der Waals surface area contributed by atoms with E-state index in [0.717, 1.165) is 0 Å². The summed E-state index contributed by atoms with van der Waals surface area (Å²) in [5.74, 6) is -1.75. The summed E-state index contributed by atoms with van der Waals surface area (Å²) >= 11 is 0. The van der Waals surface area contributed by atoms with Crippen LogP contribution in [-0.2, 0) is 9.53 Å². The lowest BCUT2D eigenvalue weighted by atomic mass is 10.0. The molecule has 0 spiro atoms. The topological polar surface area (TPSA) is 66.8 Å². The molecular weight excluding hydrogens is 265 g/mol. The molecular formula is C14H16FNO4. The summed E-state index contributed by atoms with van der Waals surface area (Å²) in [6.07, 6.45) is -0.124. The highest BCUT2D eigenvalue weighted by Gasteiger charge is 2.29. The molecule has 1 fully saturated rings. The number of carboxylic acids is 1. The van der Waals surface area contributed by atoms with Crippen molar-refractivity contribution >= 4 is 11.8 Å². The maximum Gasteiger partial charge on any atom is 0.321 e. The number of ether oxygens (including phenoxy) is 1. The van der Waals surface area contributed by atoms with Crippen LogP contribution in [0.1, 0.15) is 16.8 Å². The lowest BCUT2D eigenvalue weighted by Gasteiger charge is -2.31. The molecule has 0 saturated carbocycles. The number of carbonyl (C=O) groups excluding carboxylic acids is 1. The molecule has 0 bridgehead atoms. The summed E-state index contributed by atoms with van der Waals surface area (Å²) in [4.78, 5) is 25.1. The molecule has 2 rings (SSSR count). The Morgan fingerprint density at radius 2 is 1.85 bits per heavy atom. The van der Waals surface area contributed by atoms with E-state index in [1.807, 2.05) is 0 Å². The second kappa shape index (κ2) is 6.58. The highest BCUT2D eigenvalue weighted by molar-refractivity contribution is 5.98. The molecule has 0 aliphatic carbocycles. The van der Waals surface area contributed by atoms with E-state index in [2.05, 4.69) is 0 Å². The molecule has 108 valence electrons. The van der Waals surface area contributed by atoms with Crippen molar-refractivity contribution in [3.63, 3.8) is 0 Å². The average Bonchev–Trinajstić information content (AvgIpc) is 2.46. The molecule has 0 amide bonds. The van der Waals surface area contributed by atoms with Crippen molar-refractivity contribution in [2.75, 3.05) is 26.3 Å². The van der Waals surface area contributed by atoms with Crippen LogP contribution < -0.4 is 0 Å². The molecule has 20 heavy (non-hydrogen) atoms. The highest BCUT2D eigenvalue weighted by atomic mass is 19.1. The lowest BCUT2D eigenvalue weighted by Crippen LogP contribution is -2.48. The van der Waals surface area contributed by atoms with E-state index < -0.39 is 17.8 Å². The molecule has 0 aromatic heterocycles. The summed E-state index contributed by atoms with van der Waals surface area (Å²) in [7, 11) is 0. The van der Waals surface area contributed by atoms with Gasteiger partial charge in [-0.1, -0.05) is 0 Å². The van der Waals surface area contributed by atoms with Crippen LogP contribution in [0.25, 0.3) is 0 Å². The van der Waals surface area contributed by atoms with Gasteiger partial charge in [0.15, 0.2) is 5.78 Å². The van der Waals surface area contributed by atoms with Gasteiger partial charge in [0.25, 0.3) is 0 Å². The minimum atomic E-state index is -1.03. The van der Waals surface area contributed by atoms with Gasteiger partial charge in [-0.15, -0.1) is 0 Å². The summed E-state index contributed by atoms with van der Waals surface area (Å²) in [5.41, 5.74) is 0.325. The van der Waals surface area contributed by atoms with Gasteiger partial charge in [0, 0.05) is 25.1 Å². The van der Waals surface area contributed by atoms with E-state index in [1.54, 1.807) is 4.90 Å². The number of nitrogens with zero attached hydrogens (tertiary/aromatic N) is 1. The average molecular weight is 281 g/mol. The predicted molar refractivity (Wildman–Crippen MR) is 69.2 cm³/mol. The Hall–Kier alpha value is -1.79. The Kier molecular flexibility index (Phi) is 4.81. The maximum atomic E-state index is 12.8. The minimum absolute atomic E-state index is 0.124. The Morgan fingerprint density at radius 3 is 2.40 bits per heavy atom. The molecule has 1 aliphatic heterocycles. The second-order valence-corrected chi connectivity index (χ2v) is 4.64. The van der Waals surface area contributed by atoms with Gasteiger partial charge < -0.3 is 9.84 Å². The molecule has 1 unspecified atom stereocenters. The molecule has 1 heterocycles. The van der Waals surface area contributed by atoms with Crippen molar-refractivity contribution in [1.82, 2.24) is 4.90 Å². The van der Waals surface area contributed by atoms with E-state index in [0.29, 0.717) is 31.9 Å². The number of aliphatic carboxylic acids is 1. The Balaban J connectivity index is 2.05. The van der Waals surface area contributed by atoms with Crippen LogP contribution in [0, 0.1) is 5.82 Å². The first kappa shape index (κ1) is 14.6. The number of hydrogen-bond acceptors (Lipinski definition) is 4. The van der Waals surface area contributed by atoms with Crippen molar-refractivity contribution in [1.29, 1.82) is 0 Å². The first-order valence-electron chi connectivity index (χ1n) is 6.41. The second-order valence-electron chi connectivity index (χ2n) is 4.64. The van der Waals surface area contributed by atoms with Gasteiger partial charge in [-0.05, 0) is 24.3 Å². The van der Waals surface area contributed by atoms with Gasteiger partial charge in [0.1, 0.15) is 11.9 Å². The monoisotopic (exact) mass is 281 g/mol. The standard InChI is InChI=1S/C14H16FNO4/c15-11-3-1-10(2-4-11)13(17)9-12(14(18)19)16-5-7-20-8-6-16/h1-4,12H,5-9H2,(H,18,19). The smallest absolute Gasteiger partial charge is 0.321 e. The minimum Gasteiger partial charge on any atom is -0.480 e. The Bertz CT molecular complexity index is 482. The maximum absolute atomic E-state index is 12.8. The van der Waals surface area contributed by atoms with Crippen molar-refractivity contribution in [2.24, 2.45) is 0 Å². The molecule has 1 atom stereocenters. The molecule has 1 N–H and O–H groups in total. The third-order valence-corrected chi connectivity index (χ3v) is 3.32. The zero-order valence-corrected chi connectivity index (χ0v) is 10.9. The quantitative estimate of drug-likeness (QED) is 0.821. The summed E-state index contributed by atoms with van der Waals surface area (Å²) in [6, 6.07) is 4.26. The fourth-order valence-corrected chi connectivity index (χ4v) is 2.19. The first-order valence-corrected chi connectivity index (χ1v) is 6.41. The van der Waals surface area contributed by atoms with E-state index in [-0.39, 0.29) is 12.2 Å². The fraction of sp³-hybridized carbons (Fsp3) is 0.429. The molecule has 6 heteroatoms. The van der Waals surface area contributed by atoms with Crippen molar-refractivity contribution < 1.29 is 23.8 Å². The summed E-state index contributed by atoms with van der Waals surface area (Å²) in [6.45, 7) is 1.92. The van der Waals surface area contributed by atoms with Crippen LogP contribution >= 0.6 is 0 Å². The van der Waals surface area contributed by atoms with Gasteiger partial charge in [0.05, 0.1) is 13.2 Å². The predicted octanol–water partition coefficient (Wildman–Crippen LogP) is 1.18. The first-order chi connectivity index (χ1) is 9.58. The zero-order valence-electron chi connectivity index (χ0n) is 10.9. The van der Waals surface area contributed by atoms with Gasteiger partial charge in [-0.2, -0.15) is 0 Å². The van der Waals surface area contributed by atoms with Crippen LogP contribution in [-0.4, -0.2) is 54.1 Å². The van der Waals surface area contributed by atoms with E-state index in [9.17, 15) is 19.1 Å². The number of benzene rings is 1. The molecule has 1 aliphatic rings. The van der Waals surface area contributed by atoms with Crippen molar-refractivity contribution in [3.05, 3.63) is 35.6 Å². The van der Waals surface area contributed by atoms with E-state index in [4.69, 9.17) is 4.74 Å². The lowest BCUT2D eigenvalue weighted by molar-refractivity contribution is -0.144. The number of carbonyl (C=O) groups is 2. The zero-order chi connectivity index (χ0) is 14.5. The molecule has 1 saturated heterocycles. The summed E-state index contributed by atoms with van der Waals surface area (Å²) < 4.78 is 18.0. The number of rotatable bonds is 5. The molecule has 1 aromatic rings. The molecule has 1 aromatic carbocycles. The third kappa shape index (κ3) is 3.61. The largest absolute Gasteiger partial charge is 0.480 e. The molecule has 5 nitrogen and oxygen atoms in total. The van der Waals surface area contributed by atoms with Crippen LogP contribution in [0.4, 0.5) is 4.39 Å². The third-order valence-electron chi connectivity index (χ3n) is 3.32. The Labute approximate surface area is 116 Å². The number of hydrogen-bond donors (Lipinski definition) is 1. The number of Topliss-reactive ketones (excluding diaryl/α,β-unsaturated/α-hetero) is 1. The highest BCUT2D eigenvalue weighted by Crippen LogP contribution is 2.13. The van der Waals surface area contributed by atoms with Crippen LogP contribution in [0.15, 0.2) is 24.3 Å². The molecule has 0 radical (unpaired) electrons.